The zero-order valence-corrected chi connectivity index (χ0v) is 26.4. The van der Waals surface area contributed by atoms with Crippen molar-refractivity contribution in [3.05, 3.63) is 40.9 Å². The van der Waals surface area contributed by atoms with E-state index >= 15 is 0 Å². The van der Waals surface area contributed by atoms with Crippen LogP contribution >= 0.6 is 11.3 Å². The number of nitrogens with zero attached hydrogens (tertiary/aromatic N) is 4. The average Bonchev–Trinajstić information content (AvgIpc) is 3.53. The number of rotatable bonds is 8. The summed E-state index contributed by atoms with van der Waals surface area (Å²) in [5.74, 6) is 0.759. The number of amides is 2. The van der Waals surface area contributed by atoms with E-state index in [2.05, 4.69) is 16.7 Å². The van der Waals surface area contributed by atoms with E-state index in [0.29, 0.717) is 12.0 Å². The lowest BCUT2D eigenvalue weighted by Gasteiger charge is -2.46. The number of carbonyl (C=O) groups excluding carboxylic acids is 2. The van der Waals surface area contributed by atoms with Gasteiger partial charge in [0.1, 0.15) is 15.5 Å². The fourth-order valence-corrected chi connectivity index (χ4v) is 9.00. The van der Waals surface area contributed by atoms with Gasteiger partial charge in [0, 0.05) is 57.2 Å². The second kappa shape index (κ2) is 13.0. The molecule has 228 valence electrons. The van der Waals surface area contributed by atoms with Crippen LogP contribution < -0.4 is 0 Å². The van der Waals surface area contributed by atoms with Crippen molar-refractivity contribution < 1.29 is 14.3 Å². The SMILES string of the molecule is CCCCC1N(CC2CCCCC2)C(=O)OC12CCN(C1CCN(C(=O)c3sc(-c4ccccc4)nc3C)CC1)CC2. The van der Waals surface area contributed by atoms with E-state index < -0.39 is 0 Å². The molecule has 1 aromatic heterocycles. The van der Waals surface area contributed by atoms with E-state index in [1.54, 1.807) is 0 Å². The first-order valence-electron chi connectivity index (χ1n) is 16.5. The number of likely N-dealkylation sites (tertiary alicyclic amines) is 2. The van der Waals surface area contributed by atoms with Gasteiger partial charge in [-0.25, -0.2) is 9.78 Å². The van der Waals surface area contributed by atoms with E-state index in [9.17, 15) is 9.59 Å². The highest BCUT2D eigenvalue weighted by Crippen LogP contribution is 2.43. The van der Waals surface area contributed by atoms with Gasteiger partial charge in [-0.3, -0.25) is 9.69 Å². The quantitative estimate of drug-likeness (QED) is 0.326. The molecule has 1 unspecified atom stereocenters. The predicted octanol–water partition coefficient (Wildman–Crippen LogP) is 7.15. The normalized spacial score (nSPS) is 24.0. The molecule has 1 atom stereocenters. The van der Waals surface area contributed by atoms with Crippen molar-refractivity contribution >= 4 is 23.3 Å². The van der Waals surface area contributed by atoms with Crippen molar-refractivity contribution in [3.8, 4) is 10.6 Å². The van der Waals surface area contributed by atoms with Crippen molar-refractivity contribution in [2.45, 2.75) is 109 Å². The first-order valence-corrected chi connectivity index (χ1v) is 17.3. The number of aromatic nitrogens is 1. The van der Waals surface area contributed by atoms with Crippen LogP contribution in [-0.2, 0) is 4.74 Å². The molecule has 0 radical (unpaired) electrons. The van der Waals surface area contributed by atoms with Crippen LogP contribution in [-0.4, -0.2) is 82.1 Å². The lowest BCUT2D eigenvalue weighted by Crippen LogP contribution is -2.56. The second-order valence-corrected chi connectivity index (χ2v) is 14.1. The van der Waals surface area contributed by atoms with Gasteiger partial charge in [-0.05, 0) is 44.9 Å². The number of hydrogen-bond acceptors (Lipinski definition) is 6. The molecule has 1 saturated carbocycles. The highest BCUT2D eigenvalue weighted by Gasteiger charge is 2.55. The first kappa shape index (κ1) is 29.6. The molecule has 0 bridgehead atoms. The molecule has 1 aliphatic carbocycles. The lowest BCUT2D eigenvalue weighted by molar-refractivity contribution is -0.0385. The third-order valence-electron chi connectivity index (χ3n) is 10.4. The Morgan fingerprint density at radius 1 is 1.02 bits per heavy atom. The lowest BCUT2D eigenvalue weighted by atomic mass is 9.80. The van der Waals surface area contributed by atoms with Crippen LogP contribution in [0.2, 0.25) is 0 Å². The molecular formula is C34H48N4O3S. The van der Waals surface area contributed by atoms with Crippen LogP contribution in [0.4, 0.5) is 4.79 Å². The molecule has 3 aliphatic heterocycles. The van der Waals surface area contributed by atoms with E-state index in [1.165, 1.54) is 43.4 Å². The number of carbonyl (C=O) groups is 2. The van der Waals surface area contributed by atoms with Gasteiger partial charge >= 0.3 is 6.09 Å². The summed E-state index contributed by atoms with van der Waals surface area (Å²) in [5.41, 5.74) is 1.57. The first-order chi connectivity index (χ1) is 20.5. The average molecular weight is 593 g/mol. The molecule has 0 N–H and O–H groups in total. The van der Waals surface area contributed by atoms with Gasteiger partial charge in [0.2, 0.25) is 0 Å². The largest absolute Gasteiger partial charge is 0.440 e. The maximum atomic E-state index is 13.5. The molecule has 42 heavy (non-hydrogen) atoms. The fraction of sp³-hybridized carbons (Fsp3) is 0.676. The molecule has 4 heterocycles. The van der Waals surface area contributed by atoms with Crippen molar-refractivity contribution in [3.63, 3.8) is 0 Å². The summed E-state index contributed by atoms with van der Waals surface area (Å²) in [6.45, 7) is 8.59. The summed E-state index contributed by atoms with van der Waals surface area (Å²) in [6, 6.07) is 10.8. The van der Waals surface area contributed by atoms with E-state index in [1.807, 2.05) is 42.2 Å². The minimum atomic E-state index is -0.325. The standard InChI is InChI=1S/C34H48N4O3S/c1-3-4-15-29-34(41-33(40)38(29)24-26-11-7-5-8-12-26)18-22-36(23-19-34)28-16-20-37(21-17-28)32(39)30-25(2)35-31(42-30)27-13-9-6-10-14-27/h6,9-10,13-14,26,28-29H,3-5,7-8,11-12,15-24H2,1-2H3. The number of hydrogen-bond donors (Lipinski definition) is 0. The molecule has 1 spiro atoms. The molecule has 4 aliphatic rings. The highest BCUT2D eigenvalue weighted by molar-refractivity contribution is 7.17. The Morgan fingerprint density at radius 3 is 2.43 bits per heavy atom. The summed E-state index contributed by atoms with van der Waals surface area (Å²) < 4.78 is 6.33. The smallest absolute Gasteiger partial charge is 0.410 e. The van der Waals surface area contributed by atoms with E-state index in [4.69, 9.17) is 9.72 Å². The van der Waals surface area contributed by atoms with Gasteiger partial charge in [0.25, 0.3) is 5.91 Å². The number of piperidine rings is 2. The van der Waals surface area contributed by atoms with Crippen molar-refractivity contribution in [2.24, 2.45) is 5.92 Å². The van der Waals surface area contributed by atoms with Crippen molar-refractivity contribution in [2.75, 3.05) is 32.7 Å². The highest BCUT2D eigenvalue weighted by atomic mass is 32.1. The van der Waals surface area contributed by atoms with Gasteiger partial charge < -0.3 is 14.5 Å². The zero-order valence-electron chi connectivity index (χ0n) is 25.6. The summed E-state index contributed by atoms with van der Waals surface area (Å²) in [5, 5.41) is 0.913. The molecule has 7 nitrogen and oxygen atoms in total. The topological polar surface area (TPSA) is 66.0 Å². The van der Waals surface area contributed by atoms with E-state index in [-0.39, 0.29) is 23.6 Å². The Bertz CT molecular complexity index is 1210. The molecule has 3 saturated heterocycles. The van der Waals surface area contributed by atoms with Crippen LogP contribution in [0.5, 0.6) is 0 Å². The summed E-state index contributed by atoms with van der Waals surface area (Å²) in [4.78, 5) is 39.0. The van der Waals surface area contributed by atoms with Crippen LogP contribution in [0, 0.1) is 12.8 Å². The minimum Gasteiger partial charge on any atom is -0.440 e. The zero-order chi connectivity index (χ0) is 29.1. The predicted molar refractivity (Wildman–Crippen MR) is 168 cm³/mol. The summed E-state index contributed by atoms with van der Waals surface area (Å²) >= 11 is 1.51. The summed E-state index contributed by atoms with van der Waals surface area (Å²) in [7, 11) is 0. The van der Waals surface area contributed by atoms with Gasteiger partial charge in [-0.2, -0.15) is 0 Å². The van der Waals surface area contributed by atoms with Crippen LogP contribution in [0.3, 0.4) is 0 Å². The van der Waals surface area contributed by atoms with Gasteiger partial charge in [-0.15, -0.1) is 11.3 Å². The van der Waals surface area contributed by atoms with Crippen molar-refractivity contribution in [1.29, 1.82) is 0 Å². The van der Waals surface area contributed by atoms with Gasteiger partial charge in [0.15, 0.2) is 0 Å². The third-order valence-corrected chi connectivity index (χ3v) is 11.6. The Morgan fingerprint density at radius 2 is 1.74 bits per heavy atom. The number of thiazole rings is 1. The van der Waals surface area contributed by atoms with Crippen LogP contribution in [0.15, 0.2) is 30.3 Å². The van der Waals surface area contributed by atoms with Crippen LogP contribution in [0.1, 0.15) is 99.3 Å². The Hall–Kier alpha value is -2.45. The maximum absolute atomic E-state index is 13.5. The second-order valence-electron chi connectivity index (χ2n) is 13.1. The molecule has 2 amide bonds. The molecule has 1 aromatic carbocycles. The molecule has 4 fully saturated rings. The van der Waals surface area contributed by atoms with E-state index in [0.717, 1.165) is 98.8 Å². The third kappa shape index (κ3) is 6.12. The molecule has 8 heteroatoms. The number of ether oxygens (including phenoxy) is 1. The molecule has 6 rings (SSSR count). The molecule has 2 aromatic rings. The van der Waals surface area contributed by atoms with Gasteiger partial charge in [-0.1, -0.05) is 69.4 Å². The Balaban J connectivity index is 1.04. The Labute approximate surface area is 255 Å². The number of aryl methyl sites for hydroxylation is 1. The minimum absolute atomic E-state index is 0.0595. The monoisotopic (exact) mass is 592 g/mol. The number of unbranched alkanes of at least 4 members (excludes halogenated alkanes) is 1. The number of benzene rings is 1. The van der Waals surface area contributed by atoms with Crippen molar-refractivity contribution in [1.82, 2.24) is 19.7 Å². The maximum Gasteiger partial charge on any atom is 0.410 e. The van der Waals surface area contributed by atoms with Crippen LogP contribution in [0.25, 0.3) is 10.6 Å². The Kier molecular flexibility index (Phi) is 9.20. The fourth-order valence-electron chi connectivity index (χ4n) is 7.96. The summed E-state index contributed by atoms with van der Waals surface area (Å²) in [6.07, 6.45) is 13.6. The molecular weight excluding hydrogens is 544 g/mol. The van der Waals surface area contributed by atoms with Gasteiger partial charge in [0.05, 0.1) is 11.7 Å².